The van der Waals surface area contributed by atoms with Crippen LogP contribution in [0.2, 0.25) is 0 Å². The highest BCUT2D eigenvalue weighted by molar-refractivity contribution is 9.10. The van der Waals surface area contributed by atoms with Crippen molar-refractivity contribution >= 4 is 25.8 Å². The van der Waals surface area contributed by atoms with Crippen LogP contribution in [0.15, 0.2) is 22.7 Å². The molecule has 0 aromatic heterocycles. The lowest BCUT2D eigenvalue weighted by Gasteiger charge is -2.24. The van der Waals surface area contributed by atoms with Gasteiger partial charge in [0.15, 0.2) is 0 Å². The Balaban J connectivity index is 2.69. The van der Waals surface area contributed by atoms with Crippen LogP contribution in [0.4, 0.5) is 4.39 Å². The van der Waals surface area contributed by atoms with Crippen molar-refractivity contribution in [2.75, 3.05) is 19.1 Å². The minimum absolute atomic E-state index is 0.0798. The van der Waals surface area contributed by atoms with Crippen molar-refractivity contribution in [2.24, 2.45) is 0 Å². The first-order valence-electron chi connectivity index (χ1n) is 5.51. The van der Waals surface area contributed by atoms with Crippen LogP contribution in [0.1, 0.15) is 12.5 Å². The maximum Gasteiger partial charge on any atom is 0.148 e. The highest BCUT2D eigenvalue weighted by Gasteiger charge is 2.15. The van der Waals surface area contributed by atoms with E-state index in [4.69, 9.17) is 0 Å². The Morgan fingerprint density at radius 1 is 1.44 bits per heavy atom. The monoisotopic (exact) mass is 337 g/mol. The van der Waals surface area contributed by atoms with Gasteiger partial charge in [0.2, 0.25) is 0 Å². The van der Waals surface area contributed by atoms with Gasteiger partial charge in [0, 0.05) is 18.8 Å². The van der Waals surface area contributed by atoms with E-state index >= 15 is 0 Å². The van der Waals surface area contributed by atoms with Crippen molar-refractivity contribution in [3.63, 3.8) is 0 Å². The summed E-state index contributed by atoms with van der Waals surface area (Å²) >= 11 is 3.13. The minimum atomic E-state index is -2.99. The van der Waals surface area contributed by atoms with Crippen LogP contribution in [-0.2, 0) is 16.4 Å². The largest absolute Gasteiger partial charge is 0.298 e. The smallest absolute Gasteiger partial charge is 0.148 e. The third kappa shape index (κ3) is 5.04. The highest BCUT2D eigenvalue weighted by atomic mass is 79.9. The van der Waals surface area contributed by atoms with Gasteiger partial charge in [-0.2, -0.15) is 0 Å². The molecular weight excluding hydrogens is 321 g/mol. The maximum absolute atomic E-state index is 13.1. The number of benzene rings is 1. The summed E-state index contributed by atoms with van der Waals surface area (Å²) in [6, 6.07) is 4.72. The molecule has 1 aromatic carbocycles. The Bertz CT molecular complexity index is 519. The van der Waals surface area contributed by atoms with E-state index in [1.807, 2.05) is 18.9 Å². The summed E-state index contributed by atoms with van der Waals surface area (Å²) in [7, 11) is -1.13. The number of sulfone groups is 1. The van der Waals surface area contributed by atoms with Crippen LogP contribution in [-0.4, -0.2) is 38.4 Å². The topological polar surface area (TPSA) is 37.4 Å². The average molecular weight is 338 g/mol. The van der Waals surface area contributed by atoms with Gasteiger partial charge in [0.25, 0.3) is 0 Å². The predicted octanol–water partition coefficient (Wildman–Crippen LogP) is 2.45. The van der Waals surface area contributed by atoms with Gasteiger partial charge < -0.3 is 0 Å². The summed E-state index contributed by atoms with van der Waals surface area (Å²) in [5.74, 6) is -0.183. The van der Waals surface area contributed by atoms with Crippen molar-refractivity contribution in [3.8, 4) is 0 Å². The summed E-state index contributed by atoms with van der Waals surface area (Å²) in [5.41, 5.74) is 0.936. The van der Waals surface area contributed by atoms with Crippen molar-refractivity contribution in [1.82, 2.24) is 4.90 Å². The molecule has 0 saturated heterocycles. The summed E-state index contributed by atoms with van der Waals surface area (Å²) in [6.45, 7) is 2.44. The molecule has 0 unspecified atom stereocenters. The van der Waals surface area contributed by atoms with E-state index in [0.29, 0.717) is 11.0 Å². The van der Waals surface area contributed by atoms with Crippen molar-refractivity contribution in [2.45, 2.75) is 19.5 Å². The molecule has 0 heterocycles. The molecule has 0 amide bonds. The SMILES string of the molecule is C[C@H](CS(C)(=O)=O)N(C)Cc1ccc(F)c(Br)c1. The molecule has 0 saturated carbocycles. The molecule has 18 heavy (non-hydrogen) atoms. The third-order valence-corrected chi connectivity index (χ3v) is 4.41. The molecule has 0 spiro atoms. The zero-order valence-corrected chi connectivity index (χ0v) is 13.1. The lowest BCUT2D eigenvalue weighted by molar-refractivity contribution is 0.267. The number of nitrogens with zero attached hydrogens (tertiary/aromatic N) is 1. The predicted molar refractivity (Wildman–Crippen MR) is 74.7 cm³/mol. The second-order valence-electron chi connectivity index (χ2n) is 4.61. The summed E-state index contributed by atoms with van der Waals surface area (Å²) < 4.78 is 35.9. The van der Waals surface area contributed by atoms with Crippen LogP contribution in [0, 0.1) is 5.82 Å². The van der Waals surface area contributed by atoms with E-state index in [0.717, 1.165) is 5.56 Å². The number of rotatable bonds is 5. The molecular formula is C12H17BrFNO2S. The first-order chi connectivity index (χ1) is 8.19. The van der Waals surface area contributed by atoms with Crippen LogP contribution < -0.4 is 0 Å². The molecule has 0 fully saturated rings. The number of hydrogen-bond acceptors (Lipinski definition) is 3. The highest BCUT2D eigenvalue weighted by Crippen LogP contribution is 2.18. The number of hydrogen-bond donors (Lipinski definition) is 0. The fourth-order valence-corrected chi connectivity index (χ4v) is 3.20. The van der Waals surface area contributed by atoms with Crippen molar-refractivity contribution < 1.29 is 12.8 Å². The van der Waals surface area contributed by atoms with Crippen molar-refractivity contribution in [1.29, 1.82) is 0 Å². The molecule has 102 valence electrons. The molecule has 0 radical (unpaired) electrons. The molecule has 0 bridgehead atoms. The normalized spacial score (nSPS) is 13.9. The summed E-state index contributed by atoms with van der Waals surface area (Å²) in [5, 5.41) is 0. The van der Waals surface area contributed by atoms with E-state index in [1.165, 1.54) is 12.3 Å². The fraction of sp³-hybridized carbons (Fsp3) is 0.500. The van der Waals surface area contributed by atoms with E-state index in [9.17, 15) is 12.8 Å². The van der Waals surface area contributed by atoms with Gasteiger partial charge in [0.1, 0.15) is 15.7 Å². The lowest BCUT2D eigenvalue weighted by atomic mass is 10.2. The van der Waals surface area contributed by atoms with Gasteiger partial charge in [-0.1, -0.05) is 6.07 Å². The average Bonchev–Trinajstić information content (AvgIpc) is 2.21. The Morgan fingerprint density at radius 3 is 2.56 bits per heavy atom. The second kappa shape index (κ2) is 6.12. The van der Waals surface area contributed by atoms with Crippen LogP contribution >= 0.6 is 15.9 Å². The molecule has 0 aliphatic rings. The van der Waals surface area contributed by atoms with E-state index in [1.54, 1.807) is 12.1 Å². The minimum Gasteiger partial charge on any atom is -0.298 e. The molecule has 3 nitrogen and oxygen atoms in total. The fourth-order valence-electron chi connectivity index (χ4n) is 1.65. The number of halogens is 2. The van der Waals surface area contributed by atoms with Gasteiger partial charge in [-0.05, 0) is 47.6 Å². The molecule has 1 rings (SSSR count). The Hall–Kier alpha value is -0.460. The van der Waals surface area contributed by atoms with Gasteiger partial charge in [-0.15, -0.1) is 0 Å². The first-order valence-corrected chi connectivity index (χ1v) is 8.36. The van der Waals surface area contributed by atoms with E-state index in [-0.39, 0.29) is 17.6 Å². The quantitative estimate of drug-likeness (QED) is 0.828. The van der Waals surface area contributed by atoms with Gasteiger partial charge in [-0.3, -0.25) is 4.90 Å². The van der Waals surface area contributed by atoms with Crippen LogP contribution in [0.3, 0.4) is 0 Å². The van der Waals surface area contributed by atoms with E-state index < -0.39 is 9.84 Å². The van der Waals surface area contributed by atoms with Gasteiger partial charge in [-0.25, -0.2) is 12.8 Å². The van der Waals surface area contributed by atoms with Gasteiger partial charge >= 0.3 is 0 Å². The van der Waals surface area contributed by atoms with Crippen LogP contribution in [0.25, 0.3) is 0 Å². The Kier molecular flexibility index (Phi) is 5.31. The van der Waals surface area contributed by atoms with Gasteiger partial charge in [0.05, 0.1) is 10.2 Å². The summed E-state index contributed by atoms with van der Waals surface area (Å²) in [4.78, 5) is 1.93. The Labute approximate surface area is 116 Å². The zero-order valence-electron chi connectivity index (χ0n) is 10.7. The molecule has 0 aliphatic heterocycles. The van der Waals surface area contributed by atoms with Crippen molar-refractivity contribution in [3.05, 3.63) is 34.1 Å². The maximum atomic E-state index is 13.1. The molecule has 1 aromatic rings. The molecule has 0 N–H and O–H groups in total. The third-order valence-electron chi connectivity index (χ3n) is 2.71. The molecule has 0 aliphatic carbocycles. The second-order valence-corrected chi connectivity index (χ2v) is 7.64. The van der Waals surface area contributed by atoms with E-state index in [2.05, 4.69) is 15.9 Å². The molecule has 1 atom stereocenters. The summed E-state index contributed by atoms with van der Waals surface area (Å²) in [6.07, 6.45) is 1.23. The lowest BCUT2D eigenvalue weighted by Crippen LogP contribution is -2.34. The Morgan fingerprint density at radius 2 is 2.06 bits per heavy atom. The molecule has 6 heteroatoms. The zero-order chi connectivity index (χ0) is 13.9. The first kappa shape index (κ1) is 15.6. The van der Waals surface area contributed by atoms with Crippen LogP contribution in [0.5, 0.6) is 0 Å². The standard InChI is InChI=1S/C12H17BrFNO2S/c1-9(8-18(3,16)17)15(2)7-10-4-5-12(14)11(13)6-10/h4-6,9H,7-8H2,1-3H3/t9-/m1/s1.